The highest BCUT2D eigenvalue weighted by Crippen LogP contribution is 2.29. The summed E-state index contributed by atoms with van der Waals surface area (Å²) in [5.41, 5.74) is 0.344. The lowest BCUT2D eigenvalue weighted by molar-refractivity contribution is -0.122. The average molecular weight is 451 g/mol. The van der Waals surface area contributed by atoms with E-state index in [4.69, 9.17) is 0 Å². The van der Waals surface area contributed by atoms with E-state index >= 15 is 0 Å². The number of benzene rings is 1. The molecule has 2 heterocycles. The molecule has 32 heavy (non-hydrogen) atoms. The summed E-state index contributed by atoms with van der Waals surface area (Å²) in [4.78, 5) is 31.8. The van der Waals surface area contributed by atoms with Gasteiger partial charge in [-0.3, -0.25) is 9.59 Å². The highest BCUT2D eigenvalue weighted by atomic mass is 19.2. The fourth-order valence-electron chi connectivity index (χ4n) is 3.91. The minimum atomic E-state index is -1.30. The Morgan fingerprint density at radius 1 is 1.12 bits per heavy atom. The number of nitrogens with one attached hydrogen (secondary N) is 2. The fraction of sp³-hybridized carbons (Fsp3) is 0.500. The van der Waals surface area contributed by atoms with E-state index in [0.29, 0.717) is 37.7 Å². The van der Waals surface area contributed by atoms with Gasteiger partial charge in [-0.1, -0.05) is 13.8 Å². The Kier molecular flexibility index (Phi) is 7.22. The van der Waals surface area contributed by atoms with Crippen molar-refractivity contribution in [3.05, 3.63) is 41.0 Å². The lowest BCUT2D eigenvalue weighted by Crippen LogP contribution is -2.46. The third kappa shape index (κ3) is 4.95. The fourth-order valence-corrected chi connectivity index (χ4v) is 3.91. The number of carbonyl (C=O) groups excluding carboxylic acids is 2. The van der Waals surface area contributed by atoms with Crippen LogP contribution in [0.25, 0.3) is 11.4 Å². The molecule has 0 spiro atoms. The normalized spacial score (nSPS) is 15.2. The van der Waals surface area contributed by atoms with E-state index in [2.05, 4.69) is 15.6 Å². The average Bonchev–Trinajstić information content (AvgIpc) is 2.95. The Morgan fingerprint density at radius 2 is 1.81 bits per heavy atom. The van der Waals surface area contributed by atoms with Gasteiger partial charge in [0.2, 0.25) is 5.91 Å². The summed E-state index contributed by atoms with van der Waals surface area (Å²) in [7, 11) is 3.37. The number of rotatable bonds is 6. The second-order valence-corrected chi connectivity index (χ2v) is 8.49. The molecule has 2 aromatic rings. The van der Waals surface area contributed by atoms with Gasteiger partial charge in [-0.15, -0.1) is 0 Å². The minimum absolute atomic E-state index is 0.0375. The lowest BCUT2D eigenvalue weighted by atomic mass is 10.0. The number of fused-ring (bicyclic) bond motifs is 1. The number of hydrogen-bond acceptors (Lipinski definition) is 4. The monoisotopic (exact) mass is 451 g/mol. The van der Waals surface area contributed by atoms with E-state index in [1.807, 2.05) is 25.8 Å². The van der Waals surface area contributed by atoms with Crippen LogP contribution >= 0.6 is 0 Å². The van der Waals surface area contributed by atoms with Crippen molar-refractivity contribution in [2.75, 3.05) is 20.6 Å². The number of likely N-dealkylation sites (N-methyl/N-ethyl adjacent to an activating group) is 1. The third-order valence-electron chi connectivity index (χ3n) is 5.46. The smallest absolute Gasteiger partial charge is 0.272 e. The van der Waals surface area contributed by atoms with Gasteiger partial charge in [-0.2, -0.15) is 0 Å². The standard InChI is InChI=1S/C22H28F3N5O2/c1-12(2)8-17(21(31)26-3)27-22(32)19-18-11-29(4)6-5-7-30(18)20(28-19)13-9-15(24)16(25)10-14(13)23/h9-10,12,17H,5-8,11H2,1-4H3,(H,26,31)(H,27,32). The second kappa shape index (κ2) is 9.72. The zero-order valence-electron chi connectivity index (χ0n) is 18.6. The SMILES string of the molecule is CNC(=O)C(CC(C)C)NC(=O)c1nc(-c2cc(F)c(F)cc2F)n2c1CN(C)CCC2. The largest absolute Gasteiger partial charge is 0.357 e. The molecule has 3 rings (SSSR count). The van der Waals surface area contributed by atoms with Crippen molar-refractivity contribution in [2.24, 2.45) is 5.92 Å². The molecule has 0 fully saturated rings. The van der Waals surface area contributed by atoms with Crippen LogP contribution in [0.15, 0.2) is 12.1 Å². The van der Waals surface area contributed by atoms with Crippen molar-refractivity contribution >= 4 is 11.8 Å². The quantitative estimate of drug-likeness (QED) is 0.662. The maximum atomic E-state index is 14.6. The van der Waals surface area contributed by atoms with E-state index in [0.717, 1.165) is 12.6 Å². The molecule has 1 unspecified atom stereocenters. The summed E-state index contributed by atoms with van der Waals surface area (Å²) in [6, 6.07) is 0.457. The number of aromatic nitrogens is 2. The molecule has 7 nitrogen and oxygen atoms in total. The van der Waals surface area contributed by atoms with E-state index in [1.54, 1.807) is 4.57 Å². The van der Waals surface area contributed by atoms with Crippen LogP contribution < -0.4 is 10.6 Å². The summed E-state index contributed by atoms with van der Waals surface area (Å²) in [5, 5.41) is 5.27. The Morgan fingerprint density at radius 3 is 2.47 bits per heavy atom. The molecule has 1 atom stereocenters. The Balaban J connectivity index is 2.07. The van der Waals surface area contributed by atoms with E-state index in [1.165, 1.54) is 7.05 Å². The molecule has 1 aromatic carbocycles. The van der Waals surface area contributed by atoms with Crippen LogP contribution in [0, 0.1) is 23.4 Å². The number of imidazole rings is 1. The molecule has 2 amide bonds. The second-order valence-electron chi connectivity index (χ2n) is 8.49. The predicted octanol–water partition coefficient (Wildman–Crippen LogP) is 2.69. The van der Waals surface area contributed by atoms with Gasteiger partial charge in [-0.05, 0) is 38.4 Å². The van der Waals surface area contributed by atoms with Crippen LogP contribution in [0.3, 0.4) is 0 Å². The summed E-state index contributed by atoms with van der Waals surface area (Å²) < 4.78 is 43.6. The molecule has 10 heteroatoms. The maximum Gasteiger partial charge on any atom is 0.272 e. The van der Waals surface area contributed by atoms with Gasteiger partial charge in [0.1, 0.15) is 17.7 Å². The molecule has 0 saturated carbocycles. The zero-order valence-corrected chi connectivity index (χ0v) is 18.6. The van der Waals surface area contributed by atoms with E-state index in [-0.39, 0.29) is 28.9 Å². The van der Waals surface area contributed by atoms with Crippen LogP contribution in [0.2, 0.25) is 0 Å². The predicted molar refractivity (Wildman–Crippen MR) is 113 cm³/mol. The lowest BCUT2D eigenvalue weighted by Gasteiger charge is -2.19. The van der Waals surface area contributed by atoms with Gasteiger partial charge in [0.05, 0.1) is 11.3 Å². The minimum Gasteiger partial charge on any atom is -0.357 e. The third-order valence-corrected chi connectivity index (χ3v) is 5.46. The Hall–Kier alpha value is -2.88. The van der Waals surface area contributed by atoms with Crippen LogP contribution in [-0.4, -0.2) is 52.9 Å². The first-order valence-corrected chi connectivity index (χ1v) is 10.6. The molecule has 1 aliphatic rings. The Labute approximate surface area is 185 Å². The van der Waals surface area contributed by atoms with Gasteiger partial charge in [-0.25, -0.2) is 18.2 Å². The van der Waals surface area contributed by atoms with Crippen molar-refractivity contribution in [2.45, 2.75) is 45.8 Å². The molecule has 1 aliphatic heterocycles. The van der Waals surface area contributed by atoms with Gasteiger partial charge in [0.25, 0.3) is 5.91 Å². The summed E-state index contributed by atoms with van der Waals surface area (Å²) in [5.74, 6) is -4.18. The van der Waals surface area contributed by atoms with E-state index < -0.39 is 29.4 Å². The van der Waals surface area contributed by atoms with Crippen LogP contribution in [0.5, 0.6) is 0 Å². The zero-order chi connectivity index (χ0) is 23.6. The highest BCUT2D eigenvalue weighted by Gasteiger charge is 2.30. The molecule has 0 radical (unpaired) electrons. The van der Waals surface area contributed by atoms with Crippen molar-refractivity contribution < 1.29 is 22.8 Å². The number of carbonyl (C=O) groups is 2. The molecule has 0 saturated heterocycles. The first-order valence-electron chi connectivity index (χ1n) is 10.6. The first kappa shape index (κ1) is 23.8. The molecule has 1 aromatic heterocycles. The number of amides is 2. The summed E-state index contributed by atoms with van der Waals surface area (Å²) >= 11 is 0. The van der Waals surface area contributed by atoms with Crippen LogP contribution in [0.4, 0.5) is 13.2 Å². The van der Waals surface area contributed by atoms with Crippen molar-refractivity contribution in [1.82, 2.24) is 25.1 Å². The number of halogens is 3. The molecule has 2 N–H and O–H groups in total. The van der Waals surface area contributed by atoms with Gasteiger partial charge in [0.15, 0.2) is 17.3 Å². The number of hydrogen-bond donors (Lipinski definition) is 2. The van der Waals surface area contributed by atoms with Crippen LogP contribution in [0.1, 0.15) is 42.9 Å². The molecule has 0 bridgehead atoms. The van der Waals surface area contributed by atoms with Crippen LogP contribution in [-0.2, 0) is 17.9 Å². The molecular formula is C22H28F3N5O2. The molecular weight excluding hydrogens is 423 g/mol. The Bertz CT molecular complexity index is 1020. The summed E-state index contributed by atoms with van der Waals surface area (Å²) in [6.07, 6.45) is 1.12. The first-order chi connectivity index (χ1) is 15.1. The topological polar surface area (TPSA) is 79.3 Å². The van der Waals surface area contributed by atoms with Gasteiger partial charge < -0.3 is 20.1 Å². The van der Waals surface area contributed by atoms with Crippen molar-refractivity contribution in [3.63, 3.8) is 0 Å². The maximum absolute atomic E-state index is 14.6. The van der Waals surface area contributed by atoms with E-state index in [9.17, 15) is 22.8 Å². The molecule has 174 valence electrons. The summed E-state index contributed by atoms with van der Waals surface area (Å²) in [6.45, 7) is 5.39. The molecule has 0 aliphatic carbocycles. The van der Waals surface area contributed by atoms with Gasteiger partial charge in [0, 0.05) is 26.2 Å². The van der Waals surface area contributed by atoms with Gasteiger partial charge >= 0.3 is 0 Å². The number of nitrogens with zero attached hydrogens (tertiary/aromatic N) is 3. The van der Waals surface area contributed by atoms with Crippen molar-refractivity contribution in [3.8, 4) is 11.4 Å². The highest BCUT2D eigenvalue weighted by molar-refractivity contribution is 5.97. The van der Waals surface area contributed by atoms with Crippen molar-refractivity contribution in [1.29, 1.82) is 0 Å².